The van der Waals surface area contributed by atoms with Crippen molar-refractivity contribution in [1.29, 1.82) is 0 Å². The van der Waals surface area contributed by atoms with Crippen LogP contribution in [-0.2, 0) is 4.74 Å². The van der Waals surface area contributed by atoms with Crippen LogP contribution >= 0.6 is 0 Å². The molecule has 2 N–H and O–H groups in total. The van der Waals surface area contributed by atoms with Gasteiger partial charge in [-0.3, -0.25) is 4.90 Å². The van der Waals surface area contributed by atoms with E-state index < -0.39 is 11.7 Å². The predicted molar refractivity (Wildman–Crippen MR) is 163 cm³/mol. The standard InChI is InChI=1S/C35H63NO3/c1-8-35(38,23-15-11-9-10-12-18-26(4)19-16-17-25(2)3)24-22-29-33(37)28(6)27(5)32-34(29)39-31-21-14-13-20-30(31)36(32)7/h1,25-34,37-38H,9-24H2,2-7H3/t26-,27?,28?,29?,30?,31?,32?,33?,34?,35?/m0/s1. The molecule has 4 heteroatoms. The van der Waals surface area contributed by atoms with Gasteiger partial charge in [0.15, 0.2) is 0 Å². The normalized spacial score (nSPS) is 35.6. The zero-order valence-corrected chi connectivity index (χ0v) is 26.4. The summed E-state index contributed by atoms with van der Waals surface area (Å²) in [6.45, 7) is 11.5. The lowest BCUT2D eigenvalue weighted by Gasteiger charge is -2.59. The maximum atomic E-state index is 11.4. The second-order valence-corrected chi connectivity index (χ2v) is 14.5. The Bertz CT molecular complexity index is 749. The van der Waals surface area contributed by atoms with Gasteiger partial charge in [-0.05, 0) is 69.2 Å². The van der Waals surface area contributed by atoms with E-state index in [1.54, 1.807) is 0 Å². The molecule has 226 valence electrons. The highest BCUT2D eigenvalue weighted by molar-refractivity contribution is 5.09. The van der Waals surface area contributed by atoms with Gasteiger partial charge in [-0.2, -0.15) is 0 Å². The van der Waals surface area contributed by atoms with Gasteiger partial charge in [0.25, 0.3) is 0 Å². The van der Waals surface area contributed by atoms with E-state index in [0.717, 1.165) is 37.5 Å². The van der Waals surface area contributed by atoms with Crippen molar-refractivity contribution < 1.29 is 14.9 Å². The summed E-state index contributed by atoms with van der Waals surface area (Å²) in [4.78, 5) is 2.60. The van der Waals surface area contributed by atoms with Crippen molar-refractivity contribution in [2.45, 2.75) is 173 Å². The van der Waals surface area contributed by atoms with Crippen LogP contribution in [0.25, 0.3) is 0 Å². The van der Waals surface area contributed by atoms with Crippen LogP contribution in [0, 0.1) is 41.9 Å². The first kappa shape index (κ1) is 32.9. The summed E-state index contributed by atoms with van der Waals surface area (Å²) in [5.74, 6) is 5.02. The van der Waals surface area contributed by atoms with E-state index in [1.165, 1.54) is 64.2 Å². The van der Waals surface area contributed by atoms with Gasteiger partial charge in [-0.1, -0.05) is 105 Å². The Morgan fingerprint density at radius 1 is 0.923 bits per heavy atom. The predicted octanol–water partition coefficient (Wildman–Crippen LogP) is 7.60. The summed E-state index contributed by atoms with van der Waals surface area (Å²) in [7, 11) is 2.28. The third kappa shape index (κ3) is 8.94. The molecule has 9 unspecified atom stereocenters. The van der Waals surface area contributed by atoms with Gasteiger partial charge in [-0.25, -0.2) is 0 Å². The van der Waals surface area contributed by atoms with Crippen molar-refractivity contribution >= 4 is 0 Å². The van der Waals surface area contributed by atoms with Crippen molar-refractivity contribution in [3.8, 4) is 12.3 Å². The molecular formula is C35H63NO3. The van der Waals surface area contributed by atoms with Gasteiger partial charge >= 0.3 is 0 Å². The monoisotopic (exact) mass is 545 g/mol. The van der Waals surface area contributed by atoms with E-state index in [1.807, 2.05) is 0 Å². The Morgan fingerprint density at radius 2 is 1.59 bits per heavy atom. The van der Waals surface area contributed by atoms with Gasteiger partial charge < -0.3 is 14.9 Å². The molecule has 10 atom stereocenters. The average molecular weight is 546 g/mol. The molecule has 0 aromatic rings. The minimum atomic E-state index is -1.08. The van der Waals surface area contributed by atoms with Crippen LogP contribution in [0.5, 0.6) is 0 Å². The third-order valence-corrected chi connectivity index (χ3v) is 11.0. The van der Waals surface area contributed by atoms with E-state index in [0.29, 0.717) is 30.8 Å². The van der Waals surface area contributed by atoms with Crippen LogP contribution in [0.4, 0.5) is 0 Å². The number of terminal acetylenes is 1. The summed E-state index contributed by atoms with van der Waals surface area (Å²) < 4.78 is 6.82. The molecule has 0 bridgehead atoms. The zero-order chi connectivity index (χ0) is 28.6. The molecule has 2 aliphatic carbocycles. The largest absolute Gasteiger partial charge is 0.392 e. The van der Waals surface area contributed by atoms with Crippen molar-refractivity contribution in [1.82, 2.24) is 4.90 Å². The Labute approximate surface area is 242 Å². The summed E-state index contributed by atoms with van der Waals surface area (Å²) in [6.07, 6.45) is 23.9. The quantitative estimate of drug-likeness (QED) is 0.164. The lowest BCUT2D eigenvalue weighted by molar-refractivity contribution is -0.229. The average Bonchev–Trinajstić information content (AvgIpc) is 2.91. The molecule has 1 heterocycles. The first-order valence-electron chi connectivity index (χ1n) is 16.8. The van der Waals surface area contributed by atoms with Crippen molar-refractivity contribution in [2.24, 2.45) is 29.6 Å². The van der Waals surface area contributed by atoms with E-state index >= 15 is 0 Å². The molecular weight excluding hydrogens is 482 g/mol. The number of likely N-dealkylation sites (N-methyl/N-ethyl adjacent to an activating group) is 1. The van der Waals surface area contributed by atoms with Crippen molar-refractivity contribution in [2.75, 3.05) is 7.05 Å². The lowest BCUT2D eigenvalue weighted by Crippen LogP contribution is -2.68. The second-order valence-electron chi connectivity index (χ2n) is 14.5. The number of nitrogens with zero attached hydrogens (tertiary/aromatic N) is 1. The molecule has 1 aliphatic heterocycles. The van der Waals surface area contributed by atoms with E-state index in [2.05, 4.69) is 52.5 Å². The molecule has 39 heavy (non-hydrogen) atoms. The topological polar surface area (TPSA) is 52.9 Å². The molecule has 3 aliphatic rings. The van der Waals surface area contributed by atoms with Crippen LogP contribution < -0.4 is 0 Å². The fraction of sp³-hybridized carbons (Fsp3) is 0.943. The van der Waals surface area contributed by atoms with Crippen LogP contribution in [0.2, 0.25) is 0 Å². The van der Waals surface area contributed by atoms with Gasteiger partial charge in [0.1, 0.15) is 5.60 Å². The van der Waals surface area contributed by atoms with Crippen LogP contribution in [0.15, 0.2) is 0 Å². The number of rotatable bonds is 15. The zero-order valence-electron chi connectivity index (χ0n) is 26.4. The van der Waals surface area contributed by atoms with Gasteiger partial charge in [0.05, 0.1) is 18.3 Å². The molecule has 0 spiro atoms. The number of aliphatic hydroxyl groups excluding tert-OH is 1. The first-order valence-corrected chi connectivity index (χ1v) is 16.8. The molecule has 0 amide bonds. The number of fused-ring (bicyclic) bond motifs is 2. The number of morpholine rings is 1. The highest BCUT2D eigenvalue weighted by Crippen LogP contribution is 2.46. The van der Waals surface area contributed by atoms with E-state index in [9.17, 15) is 10.2 Å². The highest BCUT2D eigenvalue weighted by atomic mass is 16.5. The molecule has 0 aromatic heterocycles. The SMILES string of the molecule is C#CC(O)(CCCCCCC[C@H](C)CCCC(C)C)CCC1C(O)C(C)C(C)C2C1OC1CCCCC1N2C. The molecule has 3 fully saturated rings. The molecule has 1 saturated heterocycles. The van der Waals surface area contributed by atoms with E-state index in [4.69, 9.17) is 11.2 Å². The number of hydrogen-bond acceptors (Lipinski definition) is 4. The van der Waals surface area contributed by atoms with Crippen molar-refractivity contribution in [3.05, 3.63) is 0 Å². The fourth-order valence-corrected chi connectivity index (χ4v) is 8.14. The molecule has 0 radical (unpaired) electrons. The smallest absolute Gasteiger partial charge is 0.125 e. The van der Waals surface area contributed by atoms with Gasteiger partial charge in [0.2, 0.25) is 0 Å². The Hall–Kier alpha value is -0.600. The Balaban J connectivity index is 1.43. The maximum Gasteiger partial charge on any atom is 0.125 e. The minimum Gasteiger partial charge on any atom is -0.392 e. The van der Waals surface area contributed by atoms with E-state index in [-0.39, 0.29) is 24.0 Å². The number of unbranched alkanes of at least 4 members (excludes halogenated alkanes) is 4. The van der Waals surface area contributed by atoms with Gasteiger partial charge in [0, 0.05) is 18.0 Å². The molecule has 3 rings (SSSR count). The summed E-state index contributed by atoms with van der Waals surface area (Å²) in [5, 5.41) is 22.7. The summed E-state index contributed by atoms with van der Waals surface area (Å²) in [5.41, 5.74) is -1.08. The highest BCUT2D eigenvalue weighted by Gasteiger charge is 2.54. The number of aliphatic hydroxyl groups is 2. The van der Waals surface area contributed by atoms with Gasteiger partial charge in [-0.15, -0.1) is 6.42 Å². The third-order valence-electron chi connectivity index (χ3n) is 11.0. The number of ether oxygens (including phenoxy) is 1. The summed E-state index contributed by atoms with van der Waals surface area (Å²) in [6, 6.07) is 0.825. The Morgan fingerprint density at radius 3 is 2.31 bits per heavy atom. The minimum absolute atomic E-state index is 0.0188. The summed E-state index contributed by atoms with van der Waals surface area (Å²) >= 11 is 0. The van der Waals surface area contributed by atoms with Crippen molar-refractivity contribution in [3.63, 3.8) is 0 Å². The first-order chi connectivity index (χ1) is 18.6. The van der Waals surface area contributed by atoms with Crippen LogP contribution in [0.3, 0.4) is 0 Å². The molecule has 0 aromatic carbocycles. The lowest BCUT2D eigenvalue weighted by atomic mass is 9.65. The Kier molecular flexibility index (Phi) is 13.1. The second kappa shape index (κ2) is 15.6. The molecule has 2 saturated carbocycles. The van der Waals surface area contributed by atoms with Crippen LogP contribution in [0.1, 0.15) is 137 Å². The molecule has 4 nitrogen and oxygen atoms in total. The maximum absolute atomic E-state index is 11.4. The van der Waals surface area contributed by atoms with Crippen LogP contribution in [-0.4, -0.2) is 58.2 Å². The number of hydrogen-bond donors (Lipinski definition) is 2. The fourth-order valence-electron chi connectivity index (χ4n) is 8.14.